The second-order valence-corrected chi connectivity index (χ2v) is 5.74. The summed E-state index contributed by atoms with van der Waals surface area (Å²) in [5, 5.41) is 5.22. The summed E-state index contributed by atoms with van der Waals surface area (Å²) in [4.78, 5) is 10.9. The molecule has 1 aliphatic heterocycles. The number of nitrogens with zero attached hydrogens (tertiary/aromatic N) is 5. The van der Waals surface area contributed by atoms with Gasteiger partial charge in [-0.15, -0.1) is 0 Å². The molecule has 0 fully saturated rings. The third-order valence-corrected chi connectivity index (χ3v) is 4.18. The van der Waals surface area contributed by atoms with E-state index in [9.17, 15) is 0 Å². The number of rotatable bonds is 4. The minimum absolute atomic E-state index is 0.0541. The van der Waals surface area contributed by atoms with E-state index >= 15 is 0 Å². The highest BCUT2D eigenvalue weighted by Gasteiger charge is 2.24. The standard InChI is InChI=1S/C17H19N5O2/c1-3-22(17-13-8-20-21(2)16(13)18-11-19-17)9-12-10-23-14-6-4-5-7-15(14)24-12/h4-8,11-12H,3,9-10H2,1-2H3/t12-/m0/s1. The second-order valence-electron chi connectivity index (χ2n) is 5.74. The van der Waals surface area contributed by atoms with Gasteiger partial charge in [-0.2, -0.15) is 5.10 Å². The Hall–Kier alpha value is -2.83. The van der Waals surface area contributed by atoms with Crippen LogP contribution in [0.4, 0.5) is 5.82 Å². The third-order valence-electron chi connectivity index (χ3n) is 4.18. The van der Waals surface area contributed by atoms with E-state index in [1.165, 1.54) is 0 Å². The summed E-state index contributed by atoms with van der Waals surface area (Å²) >= 11 is 0. The topological polar surface area (TPSA) is 65.3 Å². The van der Waals surface area contributed by atoms with Crippen molar-refractivity contribution in [2.45, 2.75) is 13.0 Å². The van der Waals surface area contributed by atoms with Gasteiger partial charge < -0.3 is 14.4 Å². The first kappa shape index (κ1) is 14.7. The molecule has 0 spiro atoms. The number of aromatic nitrogens is 4. The van der Waals surface area contributed by atoms with Gasteiger partial charge >= 0.3 is 0 Å². The van der Waals surface area contributed by atoms with Crippen molar-refractivity contribution in [2.75, 3.05) is 24.6 Å². The summed E-state index contributed by atoms with van der Waals surface area (Å²) in [6, 6.07) is 7.75. The Morgan fingerprint density at radius 2 is 2.08 bits per heavy atom. The van der Waals surface area contributed by atoms with Crippen LogP contribution in [0.2, 0.25) is 0 Å². The molecular weight excluding hydrogens is 306 g/mol. The molecule has 1 aliphatic rings. The fraction of sp³-hybridized carbons (Fsp3) is 0.353. The summed E-state index contributed by atoms with van der Waals surface area (Å²) in [5.74, 6) is 2.46. The second kappa shape index (κ2) is 5.99. The Bertz CT molecular complexity index is 863. The number of likely N-dealkylation sites (N-methyl/N-ethyl adjacent to an activating group) is 1. The van der Waals surface area contributed by atoms with Gasteiger partial charge in [0.2, 0.25) is 0 Å². The normalized spacial score (nSPS) is 16.3. The zero-order valence-electron chi connectivity index (χ0n) is 13.7. The van der Waals surface area contributed by atoms with E-state index in [1.807, 2.05) is 31.3 Å². The molecule has 24 heavy (non-hydrogen) atoms. The van der Waals surface area contributed by atoms with Gasteiger partial charge in [-0.1, -0.05) is 12.1 Å². The van der Waals surface area contributed by atoms with Crippen LogP contribution in [0, 0.1) is 0 Å². The molecule has 3 heterocycles. The molecule has 0 saturated carbocycles. The molecule has 0 radical (unpaired) electrons. The molecule has 0 bridgehead atoms. The van der Waals surface area contributed by atoms with E-state index in [-0.39, 0.29) is 6.10 Å². The number of fused-ring (bicyclic) bond motifs is 2. The van der Waals surface area contributed by atoms with Crippen molar-refractivity contribution >= 4 is 16.9 Å². The maximum atomic E-state index is 6.07. The average molecular weight is 325 g/mol. The molecule has 0 unspecified atom stereocenters. The predicted molar refractivity (Wildman–Crippen MR) is 90.5 cm³/mol. The van der Waals surface area contributed by atoms with E-state index in [1.54, 1.807) is 17.2 Å². The van der Waals surface area contributed by atoms with Crippen LogP contribution in [-0.4, -0.2) is 45.5 Å². The summed E-state index contributed by atoms with van der Waals surface area (Å²) < 4.78 is 13.6. The first-order valence-corrected chi connectivity index (χ1v) is 8.02. The number of hydrogen-bond donors (Lipinski definition) is 0. The molecule has 1 aromatic carbocycles. The zero-order valence-corrected chi connectivity index (χ0v) is 13.7. The van der Waals surface area contributed by atoms with Gasteiger partial charge in [-0.3, -0.25) is 4.68 Å². The average Bonchev–Trinajstić information content (AvgIpc) is 3.01. The van der Waals surface area contributed by atoms with E-state index < -0.39 is 0 Å². The summed E-state index contributed by atoms with van der Waals surface area (Å²) in [6.45, 7) is 4.12. The van der Waals surface area contributed by atoms with Crippen LogP contribution in [0.3, 0.4) is 0 Å². The van der Waals surface area contributed by atoms with Crippen LogP contribution in [0.1, 0.15) is 6.92 Å². The number of benzene rings is 1. The molecule has 7 nitrogen and oxygen atoms in total. The number of para-hydroxylation sites is 2. The minimum atomic E-state index is -0.0541. The lowest BCUT2D eigenvalue weighted by Gasteiger charge is -2.31. The summed E-state index contributed by atoms with van der Waals surface area (Å²) in [7, 11) is 1.88. The van der Waals surface area contributed by atoms with Crippen molar-refractivity contribution in [2.24, 2.45) is 7.05 Å². The van der Waals surface area contributed by atoms with Crippen LogP contribution < -0.4 is 14.4 Å². The van der Waals surface area contributed by atoms with Gasteiger partial charge in [-0.25, -0.2) is 9.97 Å². The maximum absolute atomic E-state index is 6.07. The highest BCUT2D eigenvalue weighted by Crippen LogP contribution is 2.31. The van der Waals surface area contributed by atoms with Crippen molar-refractivity contribution in [3.8, 4) is 11.5 Å². The molecule has 3 aromatic rings. The SMILES string of the molecule is CCN(C[C@H]1COc2ccccc2O1)c1ncnc2c1cnn2C. The van der Waals surface area contributed by atoms with Crippen molar-refractivity contribution in [3.63, 3.8) is 0 Å². The lowest BCUT2D eigenvalue weighted by molar-refractivity contribution is 0.0953. The molecule has 7 heteroatoms. The minimum Gasteiger partial charge on any atom is -0.486 e. The number of hydrogen-bond acceptors (Lipinski definition) is 6. The lowest BCUT2D eigenvalue weighted by Crippen LogP contribution is -2.41. The Kier molecular flexibility index (Phi) is 3.68. The van der Waals surface area contributed by atoms with E-state index in [0.29, 0.717) is 13.2 Å². The molecular formula is C17H19N5O2. The van der Waals surface area contributed by atoms with Gasteiger partial charge in [0.05, 0.1) is 18.1 Å². The first-order valence-electron chi connectivity index (χ1n) is 8.02. The fourth-order valence-electron chi connectivity index (χ4n) is 2.97. The number of aryl methyl sites for hydroxylation is 1. The first-order chi connectivity index (χ1) is 11.8. The molecule has 2 aromatic heterocycles. The molecule has 0 aliphatic carbocycles. The van der Waals surface area contributed by atoms with Crippen molar-refractivity contribution in [1.29, 1.82) is 0 Å². The third kappa shape index (κ3) is 2.51. The molecule has 0 saturated heterocycles. The van der Waals surface area contributed by atoms with Crippen LogP contribution >= 0.6 is 0 Å². The maximum Gasteiger partial charge on any atom is 0.163 e. The van der Waals surface area contributed by atoms with Crippen molar-refractivity contribution in [3.05, 3.63) is 36.8 Å². The van der Waals surface area contributed by atoms with Crippen LogP contribution in [0.5, 0.6) is 11.5 Å². The van der Waals surface area contributed by atoms with E-state index in [2.05, 4.69) is 26.9 Å². The Balaban J connectivity index is 1.58. The molecule has 1 atom stereocenters. The quantitative estimate of drug-likeness (QED) is 0.731. The summed E-state index contributed by atoms with van der Waals surface area (Å²) in [5.41, 5.74) is 0.824. The van der Waals surface area contributed by atoms with Gasteiger partial charge in [0.15, 0.2) is 23.3 Å². The molecule has 0 N–H and O–H groups in total. The number of anilines is 1. The van der Waals surface area contributed by atoms with Crippen molar-refractivity contribution < 1.29 is 9.47 Å². The van der Waals surface area contributed by atoms with E-state index in [0.717, 1.165) is 34.9 Å². The van der Waals surface area contributed by atoms with Crippen LogP contribution in [0.25, 0.3) is 11.0 Å². The fourth-order valence-corrected chi connectivity index (χ4v) is 2.97. The van der Waals surface area contributed by atoms with Gasteiger partial charge in [0.25, 0.3) is 0 Å². The van der Waals surface area contributed by atoms with Crippen molar-refractivity contribution in [1.82, 2.24) is 19.7 Å². The molecule has 124 valence electrons. The van der Waals surface area contributed by atoms with Gasteiger partial charge in [0.1, 0.15) is 18.8 Å². The lowest BCUT2D eigenvalue weighted by atomic mass is 10.2. The van der Waals surface area contributed by atoms with Crippen LogP contribution in [-0.2, 0) is 7.05 Å². The smallest absolute Gasteiger partial charge is 0.163 e. The summed E-state index contributed by atoms with van der Waals surface area (Å²) in [6.07, 6.45) is 3.33. The van der Waals surface area contributed by atoms with Gasteiger partial charge in [0, 0.05) is 13.6 Å². The highest BCUT2D eigenvalue weighted by molar-refractivity contribution is 5.86. The monoisotopic (exact) mass is 325 g/mol. The van der Waals surface area contributed by atoms with Gasteiger partial charge in [-0.05, 0) is 19.1 Å². The van der Waals surface area contributed by atoms with E-state index in [4.69, 9.17) is 9.47 Å². The molecule has 4 rings (SSSR count). The Labute approximate surface area is 139 Å². The highest BCUT2D eigenvalue weighted by atomic mass is 16.6. The molecule has 0 amide bonds. The Morgan fingerprint density at radius 3 is 2.92 bits per heavy atom. The zero-order chi connectivity index (χ0) is 16.5. The predicted octanol–water partition coefficient (Wildman–Crippen LogP) is 2.03. The number of ether oxygens (including phenoxy) is 2. The largest absolute Gasteiger partial charge is 0.486 e. The Morgan fingerprint density at radius 1 is 1.25 bits per heavy atom. The van der Waals surface area contributed by atoms with Crippen LogP contribution in [0.15, 0.2) is 36.8 Å².